The lowest BCUT2D eigenvalue weighted by atomic mass is 10.1. The van der Waals surface area contributed by atoms with Gasteiger partial charge in [-0.05, 0) is 55.5 Å². The van der Waals surface area contributed by atoms with Crippen molar-refractivity contribution in [3.05, 3.63) is 82.5 Å². The molecule has 29 heavy (non-hydrogen) atoms. The molecule has 0 unspecified atom stereocenters. The van der Waals surface area contributed by atoms with Crippen molar-refractivity contribution in [2.45, 2.75) is 13.5 Å². The average Bonchev–Trinajstić information content (AvgIpc) is 3.35. The molecule has 0 bridgehead atoms. The van der Waals surface area contributed by atoms with E-state index in [0.717, 1.165) is 0 Å². The van der Waals surface area contributed by atoms with Crippen LogP contribution >= 0.6 is 11.3 Å². The van der Waals surface area contributed by atoms with Gasteiger partial charge in [0.1, 0.15) is 28.9 Å². The maximum Gasteiger partial charge on any atom is 0.358 e. The van der Waals surface area contributed by atoms with Gasteiger partial charge in [-0.3, -0.25) is 0 Å². The predicted molar refractivity (Wildman–Crippen MR) is 103 cm³/mol. The van der Waals surface area contributed by atoms with E-state index in [4.69, 9.17) is 9.26 Å². The molecule has 8 heteroatoms. The van der Waals surface area contributed by atoms with E-state index in [0.29, 0.717) is 33.2 Å². The Morgan fingerprint density at radius 1 is 1.03 bits per heavy atom. The molecular formula is C21H14F2N2O3S. The molecule has 0 amide bonds. The first-order valence-corrected chi connectivity index (χ1v) is 9.49. The van der Waals surface area contributed by atoms with E-state index in [1.165, 1.54) is 35.6 Å². The fourth-order valence-electron chi connectivity index (χ4n) is 2.67. The van der Waals surface area contributed by atoms with E-state index in [-0.39, 0.29) is 23.9 Å². The van der Waals surface area contributed by atoms with Crippen LogP contribution in [0.2, 0.25) is 0 Å². The van der Waals surface area contributed by atoms with E-state index in [9.17, 15) is 13.6 Å². The van der Waals surface area contributed by atoms with Gasteiger partial charge >= 0.3 is 5.97 Å². The molecule has 0 saturated carbocycles. The molecule has 0 N–H and O–H groups in total. The molecule has 2 aromatic heterocycles. The minimum atomic E-state index is -0.597. The molecule has 0 spiro atoms. The summed E-state index contributed by atoms with van der Waals surface area (Å²) in [6.45, 7) is 1.70. The van der Waals surface area contributed by atoms with Crippen molar-refractivity contribution in [2.24, 2.45) is 0 Å². The third kappa shape index (κ3) is 4.07. The number of rotatable bonds is 5. The van der Waals surface area contributed by atoms with Gasteiger partial charge in [0.05, 0.1) is 0 Å². The maximum absolute atomic E-state index is 13.1. The number of benzene rings is 2. The summed E-state index contributed by atoms with van der Waals surface area (Å²) in [6, 6.07) is 11.7. The molecule has 146 valence electrons. The van der Waals surface area contributed by atoms with Crippen molar-refractivity contribution in [3.8, 4) is 21.9 Å². The number of carbonyl (C=O) groups excluding carboxylic acids is 1. The highest BCUT2D eigenvalue weighted by Crippen LogP contribution is 2.27. The highest BCUT2D eigenvalue weighted by atomic mass is 32.1. The van der Waals surface area contributed by atoms with Crippen molar-refractivity contribution >= 4 is 17.3 Å². The normalized spacial score (nSPS) is 10.9. The van der Waals surface area contributed by atoms with E-state index in [2.05, 4.69) is 10.1 Å². The van der Waals surface area contributed by atoms with E-state index < -0.39 is 5.97 Å². The summed E-state index contributed by atoms with van der Waals surface area (Å²) in [5.41, 5.74) is 2.72. The van der Waals surface area contributed by atoms with Crippen molar-refractivity contribution < 1.29 is 22.8 Å². The SMILES string of the molecule is Cc1c(COC(=O)c2csc(-c3ccc(F)cc3)n2)noc1-c1ccc(F)cc1. The summed E-state index contributed by atoms with van der Waals surface area (Å²) in [4.78, 5) is 16.6. The minimum absolute atomic E-state index is 0.0846. The number of ether oxygens (including phenoxy) is 1. The smallest absolute Gasteiger partial charge is 0.358 e. The first-order chi connectivity index (χ1) is 14.0. The molecule has 0 fully saturated rings. The molecule has 0 saturated heterocycles. The van der Waals surface area contributed by atoms with Gasteiger partial charge < -0.3 is 9.26 Å². The molecule has 0 aliphatic rings. The zero-order valence-electron chi connectivity index (χ0n) is 15.2. The fraction of sp³-hybridized carbons (Fsp3) is 0.0952. The molecule has 0 radical (unpaired) electrons. The van der Waals surface area contributed by atoms with Crippen LogP contribution in [0.5, 0.6) is 0 Å². The summed E-state index contributed by atoms with van der Waals surface area (Å²) in [5.74, 6) is -0.792. The van der Waals surface area contributed by atoms with Crippen molar-refractivity contribution in [3.63, 3.8) is 0 Å². The summed E-state index contributed by atoms with van der Waals surface area (Å²) in [6.07, 6.45) is 0. The molecular weight excluding hydrogens is 398 g/mol. The number of carbonyl (C=O) groups is 1. The van der Waals surface area contributed by atoms with Crippen molar-refractivity contribution in [1.82, 2.24) is 10.1 Å². The Bertz CT molecular complexity index is 1150. The topological polar surface area (TPSA) is 65.2 Å². The Hall–Kier alpha value is -3.39. The maximum atomic E-state index is 13.1. The molecule has 0 aliphatic heterocycles. The van der Waals surface area contributed by atoms with Crippen LogP contribution in [0, 0.1) is 18.6 Å². The molecule has 0 atom stereocenters. The van der Waals surface area contributed by atoms with E-state index in [1.54, 1.807) is 36.6 Å². The first-order valence-electron chi connectivity index (χ1n) is 8.61. The van der Waals surface area contributed by atoms with E-state index in [1.807, 2.05) is 0 Å². The number of aromatic nitrogens is 2. The Balaban J connectivity index is 1.44. The highest BCUT2D eigenvalue weighted by Gasteiger charge is 2.18. The standard InChI is InChI=1S/C21H14F2N2O3S/c1-12-17(25-28-19(12)13-2-6-15(22)7-3-13)10-27-21(26)18-11-29-20(24-18)14-4-8-16(23)9-5-14/h2-9,11H,10H2,1H3. The molecule has 4 aromatic rings. The van der Waals surface area contributed by atoms with Crippen LogP contribution in [0.3, 0.4) is 0 Å². The van der Waals surface area contributed by atoms with Crippen molar-refractivity contribution in [2.75, 3.05) is 0 Å². The third-order valence-corrected chi connectivity index (χ3v) is 5.16. The fourth-order valence-corrected chi connectivity index (χ4v) is 3.47. The number of hydrogen-bond donors (Lipinski definition) is 0. The zero-order valence-corrected chi connectivity index (χ0v) is 16.0. The molecule has 2 heterocycles. The number of halogens is 2. The Morgan fingerprint density at radius 3 is 2.31 bits per heavy atom. The van der Waals surface area contributed by atoms with Crippen LogP contribution in [-0.2, 0) is 11.3 Å². The summed E-state index contributed by atoms with van der Waals surface area (Å²) < 4.78 is 36.7. The van der Waals surface area contributed by atoms with Crippen LogP contribution in [0.25, 0.3) is 21.9 Å². The van der Waals surface area contributed by atoms with Gasteiger partial charge in [-0.25, -0.2) is 18.6 Å². The molecule has 4 rings (SSSR count). The van der Waals surface area contributed by atoms with Crippen LogP contribution in [-0.4, -0.2) is 16.1 Å². The van der Waals surface area contributed by atoms with Crippen molar-refractivity contribution in [1.29, 1.82) is 0 Å². The van der Waals surface area contributed by atoms with Gasteiger partial charge in [0.25, 0.3) is 0 Å². The zero-order chi connectivity index (χ0) is 20.4. The van der Waals surface area contributed by atoms with Crippen LogP contribution in [0.15, 0.2) is 58.4 Å². The second-order valence-corrected chi connectivity index (χ2v) is 7.07. The quantitative estimate of drug-likeness (QED) is 0.410. The Kier molecular flexibility index (Phi) is 5.18. The third-order valence-electron chi connectivity index (χ3n) is 4.27. The summed E-state index contributed by atoms with van der Waals surface area (Å²) in [5, 5.41) is 6.12. The van der Waals surface area contributed by atoms with Crippen LogP contribution < -0.4 is 0 Å². The summed E-state index contributed by atoms with van der Waals surface area (Å²) in [7, 11) is 0. The predicted octanol–water partition coefficient (Wildman–Crippen LogP) is 5.41. The van der Waals surface area contributed by atoms with Gasteiger partial charge in [0.15, 0.2) is 11.5 Å². The largest absolute Gasteiger partial charge is 0.454 e. The lowest BCUT2D eigenvalue weighted by molar-refractivity contribution is 0.0458. The van der Waals surface area contributed by atoms with Gasteiger partial charge in [0, 0.05) is 22.1 Å². The number of hydrogen-bond acceptors (Lipinski definition) is 6. The van der Waals surface area contributed by atoms with Crippen LogP contribution in [0.4, 0.5) is 8.78 Å². The number of esters is 1. The lowest BCUT2D eigenvalue weighted by Crippen LogP contribution is -2.06. The second-order valence-electron chi connectivity index (χ2n) is 6.21. The second kappa shape index (κ2) is 7.92. The first kappa shape index (κ1) is 18.9. The average molecular weight is 412 g/mol. The van der Waals surface area contributed by atoms with Crippen LogP contribution in [0.1, 0.15) is 21.7 Å². The van der Waals surface area contributed by atoms with Gasteiger partial charge in [-0.15, -0.1) is 11.3 Å². The van der Waals surface area contributed by atoms with Gasteiger partial charge in [-0.2, -0.15) is 0 Å². The number of thiazole rings is 1. The molecule has 2 aromatic carbocycles. The highest BCUT2D eigenvalue weighted by molar-refractivity contribution is 7.13. The monoisotopic (exact) mass is 412 g/mol. The Labute approximate surface area is 168 Å². The Morgan fingerprint density at radius 2 is 1.66 bits per heavy atom. The van der Waals surface area contributed by atoms with Gasteiger partial charge in [0.2, 0.25) is 0 Å². The van der Waals surface area contributed by atoms with Gasteiger partial charge in [-0.1, -0.05) is 5.16 Å². The number of nitrogens with zero attached hydrogens (tertiary/aromatic N) is 2. The summed E-state index contributed by atoms with van der Waals surface area (Å²) >= 11 is 1.27. The molecule has 0 aliphatic carbocycles. The van der Waals surface area contributed by atoms with E-state index >= 15 is 0 Å². The lowest BCUT2D eigenvalue weighted by Gasteiger charge is -2.01. The minimum Gasteiger partial charge on any atom is -0.454 e. The molecule has 5 nitrogen and oxygen atoms in total.